The highest BCUT2D eigenvalue weighted by Crippen LogP contribution is 2.21. The summed E-state index contributed by atoms with van der Waals surface area (Å²) < 4.78 is 7.66. The minimum atomic E-state index is 0.685. The molecule has 2 aliphatic heterocycles. The number of aryl methyl sites for hydroxylation is 1. The topological polar surface area (TPSA) is 59.3 Å². The van der Waals surface area contributed by atoms with E-state index in [0.29, 0.717) is 5.92 Å². The van der Waals surface area contributed by atoms with Crippen LogP contribution in [0.2, 0.25) is 0 Å². The average Bonchev–Trinajstić information content (AvgIpc) is 3.08. The van der Waals surface area contributed by atoms with E-state index in [4.69, 9.17) is 4.74 Å². The zero-order valence-corrected chi connectivity index (χ0v) is 15.5. The largest absolute Gasteiger partial charge is 0.378 e. The number of morpholine rings is 1. The summed E-state index contributed by atoms with van der Waals surface area (Å²) in [4.78, 5) is 18.2. The second kappa shape index (κ2) is 8.14. The second-order valence-corrected chi connectivity index (χ2v) is 7.36. The third-order valence-corrected chi connectivity index (χ3v) is 5.37. The van der Waals surface area contributed by atoms with Crippen molar-refractivity contribution in [3.05, 3.63) is 36.2 Å². The predicted molar refractivity (Wildman–Crippen MR) is 100 cm³/mol. The lowest BCUT2D eigenvalue weighted by Gasteiger charge is -2.33. The average molecular weight is 356 g/mol. The number of hydrogen-bond donors (Lipinski definition) is 0. The second-order valence-electron chi connectivity index (χ2n) is 7.36. The molecule has 0 unspecified atom stereocenters. The lowest BCUT2D eigenvalue weighted by atomic mass is 9.97. The Morgan fingerprint density at radius 3 is 2.65 bits per heavy atom. The molecule has 2 aromatic rings. The molecule has 0 bridgehead atoms. The standard InChI is InChI=1S/C19H28N6O/c1-16-20-4-6-25(16)15-17-3-2-5-23(13-17)14-18-11-21-19(22-12-18)24-7-9-26-10-8-24/h4,6,11-12,17H,2-3,5,7-10,13-15H2,1H3/t17-/m0/s1. The van der Waals surface area contributed by atoms with Crippen LogP contribution in [-0.2, 0) is 17.8 Å². The van der Waals surface area contributed by atoms with Crippen LogP contribution in [-0.4, -0.2) is 63.8 Å². The highest BCUT2D eigenvalue weighted by Gasteiger charge is 2.21. The Hall–Kier alpha value is -1.99. The molecule has 2 aromatic heterocycles. The molecule has 0 N–H and O–H groups in total. The molecule has 0 aliphatic carbocycles. The first-order chi connectivity index (χ1) is 12.8. The van der Waals surface area contributed by atoms with Gasteiger partial charge in [-0.05, 0) is 32.2 Å². The van der Waals surface area contributed by atoms with Gasteiger partial charge in [-0.3, -0.25) is 4.90 Å². The maximum absolute atomic E-state index is 5.39. The van der Waals surface area contributed by atoms with Crippen LogP contribution in [0.5, 0.6) is 0 Å². The highest BCUT2D eigenvalue weighted by molar-refractivity contribution is 5.30. The third kappa shape index (κ3) is 4.22. The maximum Gasteiger partial charge on any atom is 0.225 e. The summed E-state index contributed by atoms with van der Waals surface area (Å²) in [5.74, 6) is 2.61. The zero-order chi connectivity index (χ0) is 17.8. The van der Waals surface area contributed by atoms with Gasteiger partial charge < -0.3 is 14.2 Å². The van der Waals surface area contributed by atoms with E-state index < -0.39 is 0 Å². The first-order valence-corrected chi connectivity index (χ1v) is 9.61. The third-order valence-electron chi connectivity index (χ3n) is 5.37. The fourth-order valence-corrected chi connectivity index (χ4v) is 3.93. The monoisotopic (exact) mass is 356 g/mol. The molecule has 140 valence electrons. The Morgan fingerprint density at radius 1 is 1.12 bits per heavy atom. The Bertz CT molecular complexity index is 694. The molecule has 7 heteroatoms. The molecular formula is C19H28N6O. The molecule has 0 amide bonds. The van der Waals surface area contributed by atoms with Crippen LogP contribution in [0.25, 0.3) is 0 Å². The van der Waals surface area contributed by atoms with Crippen LogP contribution in [0.4, 0.5) is 5.95 Å². The molecule has 4 heterocycles. The number of nitrogens with zero attached hydrogens (tertiary/aromatic N) is 6. The van der Waals surface area contributed by atoms with Gasteiger partial charge in [0, 0.05) is 63.1 Å². The van der Waals surface area contributed by atoms with Gasteiger partial charge in [-0.15, -0.1) is 0 Å². The van der Waals surface area contributed by atoms with Gasteiger partial charge in [0.1, 0.15) is 5.82 Å². The van der Waals surface area contributed by atoms with Crippen LogP contribution >= 0.6 is 0 Å². The fourth-order valence-electron chi connectivity index (χ4n) is 3.93. The number of likely N-dealkylation sites (tertiary alicyclic amines) is 1. The van der Waals surface area contributed by atoms with E-state index in [9.17, 15) is 0 Å². The van der Waals surface area contributed by atoms with Gasteiger partial charge in [-0.2, -0.15) is 0 Å². The van der Waals surface area contributed by atoms with Crippen molar-refractivity contribution < 1.29 is 4.74 Å². The number of aromatic nitrogens is 4. The lowest BCUT2D eigenvalue weighted by Crippen LogP contribution is -2.38. The number of piperidine rings is 1. The molecule has 1 atom stereocenters. The van der Waals surface area contributed by atoms with E-state index >= 15 is 0 Å². The van der Waals surface area contributed by atoms with Crippen LogP contribution in [0, 0.1) is 12.8 Å². The molecule has 26 heavy (non-hydrogen) atoms. The number of imidazole rings is 1. The molecule has 0 radical (unpaired) electrons. The van der Waals surface area contributed by atoms with E-state index in [0.717, 1.165) is 64.3 Å². The molecule has 2 aliphatic rings. The summed E-state index contributed by atoms with van der Waals surface area (Å²) >= 11 is 0. The minimum Gasteiger partial charge on any atom is -0.378 e. The van der Waals surface area contributed by atoms with Crippen molar-refractivity contribution in [3.63, 3.8) is 0 Å². The lowest BCUT2D eigenvalue weighted by molar-refractivity contribution is 0.122. The molecular weight excluding hydrogens is 328 g/mol. The minimum absolute atomic E-state index is 0.685. The van der Waals surface area contributed by atoms with E-state index in [1.165, 1.54) is 18.4 Å². The van der Waals surface area contributed by atoms with E-state index in [-0.39, 0.29) is 0 Å². The number of anilines is 1. The molecule has 4 rings (SSSR count). The summed E-state index contributed by atoms with van der Waals surface area (Å²) in [5, 5.41) is 0. The summed E-state index contributed by atoms with van der Waals surface area (Å²) in [6.07, 6.45) is 10.5. The summed E-state index contributed by atoms with van der Waals surface area (Å²) in [6.45, 7) is 9.63. The maximum atomic E-state index is 5.39. The van der Waals surface area contributed by atoms with Gasteiger partial charge in [0.2, 0.25) is 5.95 Å². The van der Waals surface area contributed by atoms with Gasteiger partial charge in [-0.25, -0.2) is 15.0 Å². The van der Waals surface area contributed by atoms with Crippen LogP contribution in [0.15, 0.2) is 24.8 Å². The highest BCUT2D eigenvalue weighted by atomic mass is 16.5. The smallest absolute Gasteiger partial charge is 0.225 e. The van der Waals surface area contributed by atoms with Gasteiger partial charge in [-0.1, -0.05) is 0 Å². The Labute approximate surface area is 155 Å². The summed E-state index contributed by atoms with van der Waals surface area (Å²) in [7, 11) is 0. The Morgan fingerprint density at radius 2 is 1.92 bits per heavy atom. The van der Waals surface area contributed by atoms with Crippen molar-refractivity contribution in [3.8, 4) is 0 Å². The summed E-state index contributed by atoms with van der Waals surface area (Å²) in [6, 6.07) is 0. The Kier molecular flexibility index (Phi) is 5.45. The van der Waals surface area contributed by atoms with Gasteiger partial charge in [0.25, 0.3) is 0 Å². The van der Waals surface area contributed by atoms with E-state index in [1.54, 1.807) is 0 Å². The van der Waals surface area contributed by atoms with E-state index in [1.807, 2.05) is 18.6 Å². The van der Waals surface area contributed by atoms with Gasteiger partial charge >= 0.3 is 0 Å². The number of hydrogen-bond acceptors (Lipinski definition) is 6. The van der Waals surface area contributed by atoms with Gasteiger partial charge in [0.15, 0.2) is 0 Å². The van der Waals surface area contributed by atoms with Crippen LogP contribution in [0.3, 0.4) is 0 Å². The van der Waals surface area contributed by atoms with E-state index in [2.05, 4.69) is 42.4 Å². The predicted octanol–water partition coefficient (Wildman–Crippen LogP) is 1.73. The molecule has 2 fully saturated rings. The van der Waals surface area contributed by atoms with Crippen molar-refractivity contribution in [2.45, 2.75) is 32.9 Å². The number of rotatable bonds is 5. The van der Waals surface area contributed by atoms with Gasteiger partial charge in [0.05, 0.1) is 13.2 Å². The zero-order valence-electron chi connectivity index (χ0n) is 15.5. The Balaban J connectivity index is 1.32. The molecule has 0 spiro atoms. The molecule has 2 saturated heterocycles. The van der Waals surface area contributed by atoms with Crippen LogP contribution in [0.1, 0.15) is 24.2 Å². The first kappa shape index (κ1) is 17.4. The molecule has 0 aromatic carbocycles. The molecule has 7 nitrogen and oxygen atoms in total. The quantitative estimate of drug-likeness (QED) is 0.813. The van der Waals surface area contributed by atoms with Crippen molar-refractivity contribution in [2.75, 3.05) is 44.3 Å². The SMILES string of the molecule is Cc1nccn1C[C@H]1CCCN(Cc2cnc(N3CCOCC3)nc2)C1. The van der Waals surface area contributed by atoms with Crippen LogP contribution < -0.4 is 4.90 Å². The normalized spacial score (nSPS) is 21.9. The van der Waals surface area contributed by atoms with Crippen molar-refractivity contribution in [1.29, 1.82) is 0 Å². The first-order valence-electron chi connectivity index (χ1n) is 9.61. The molecule has 0 saturated carbocycles. The fraction of sp³-hybridized carbons (Fsp3) is 0.632. The van der Waals surface area contributed by atoms with Crippen molar-refractivity contribution in [2.24, 2.45) is 5.92 Å². The number of ether oxygens (including phenoxy) is 1. The summed E-state index contributed by atoms with van der Waals surface area (Å²) in [5.41, 5.74) is 1.20. The van der Waals surface area contributed by atoms with Crippen molar-refractivity contribution in [1.82, 2.24) is 24.4 Å². The van der Waals surface area contributed by atoms with Crippen molar-refractivity contribution >= 4 is 5.95 Å².